The fourth-order valence-electron chi connectivity index (χ4n) is 1.18. The molecule has 0 unspecified atom stereocenters. The topological polar surface area (TPSA) is 67.8 Å². The van der Waals surface area contributed by atoms with Crippen LogP contribution in [0.15, 0.2) is 40.5 Å². The van der Waals surface area contributed by atoms with Crippen molar-refractivity contribution in [3.05, 3.63) is 35.9 Å². The van der Waals surface area contributed by atoms with Gasteiger partial charge >= 0.3 is 0 Å². The third-order valence-corrected chi connectivity index (χ3v) is 3.16. The van der Waals surface area contributed by atoms with Crippen molar-refractivity contribution < 1.29 is 4.79 Å². The second kappa shape index (κ2) is 5.58. The molecule has 0 fully saturated rings. The molecule has 96 valence electrons. The molecule has 0 aliphatic carbocycles. The fourth-order valence-corrected chi connectivity index (χ4v) is 1.18. The summed E-state index contributed by atoms with van der Waals surface area (Å²) in [5.74, 6) is 0.395. The van der Waals surface area contributed by atoms with Gasteiger partial charge in [0.25, 0.3) is 0 Å². The minimum atomic E-state index is -0.611. The first-order valence-corrected chi connectivity index (χ1v) is 5.80. The first kappa shape index (κ1) is 14.1. The second-order valence-corrected chi connectivity index (χ2v) is 4.72. The molecule has 4 nitrogen and oxygen atoms in total. The summed E-state index contributed by atoms with van der Waals surface area (Å²) in [6.07, 6.45) is 0. The van der Waals surface area contributed by atoms with E-state index in [2.05, 4.69) is 10.2 Å². The molecule has 2 N–H and O–H groups in total. The van der Waals surface area contributed by atoms with E-state index in [4.69, 9.17) is 5.73 Å². The van der Waals surface area contributed by atoms with Crippen LogP contribution in [-0.4, -0.2) is 17.3 Å². The van der Waals surface area contributed by atoms with Crippen LogP contribution >= 0.6 is 0 Å². The Morgan fingerprint density at radius 2 is 1.67 bits per heavy atom. The Hall–Kier alpha value is -1.97. The van der Waals surface area contributed by atoms with Crippen molar-refractivity contribution in [2.75, 3.05) is 0 Å². The molecule has 0 amide bonds. The molecular formula is C14H19N3O. The number of benzene rings is 1. The highest BCUT2D eigenvalue weighted by Crippen LogP contribution is 2.18. The number of Topliss-reactive ketones (excluding diaryl/α,β-unsaturated/α-hetero) is 1. The number of rotatable bonds is 4. The number of hydrogen-bond acceptors (Lipinski definition) is 3. The molecule has 0 aliphatic rings. The summed E-state index contributed by atoms with van der Waals surface area (Å²) >= 11 is 0. The molecule has 0 atom stereocenters. The Balaban J connectivity index is 2.95. The minimum Gasteiger partial charge on any atom is -0.382 e. The van der Waals surface area contributed by atoms with E-state index < -0.39 is 5.41 Å². The van der Waals surface area contributed by atoms with Gasteiger partial charge in [-0.25, -0.2) is 0 Å². The molecule has 0 bridgehead atoms. The number of nitrogens with two attached hydrogens (primary N) is 1. The number of ketones is 1. The van der Waals surface area contributed by atoms with Gasteiger partial charge in [0, 0.05) is 5.56 Å². The Kier molecular flexibility index (Phi) is 4.37. The van der Waals surface area contributed by atoms with Gasteiger partial charge in [-0.1, -0.05) is 30.3 Å². The molecule has 4 heteroatoms. The highest BCUT2D eigenvalue weighted by molar-refractivity contribution is 6.07. The van der Waals surface area contributed by atoms with Crippen molar-refractivity contribution in [1.29, 1.82) is 0 Å². The number of nitrogens with zero attached hydrogens (tertiary/aromatic N) is 2. The van der Waals surface area contributed by atoms with Gasteiger partial charge in [0.05, 0.1) is 11.1 Å². The third-order valence-electron chi connectivity index (χ3n) is 3.16. The largest absolute Gasteiger partial charge is 0.382 e. The van der Waals surface area contributed by atoms with E-state index in [1.807, 2.05) is 44.2 Å². The van der Waals surface area contributed by atoms with E-state index in [9.17, 15) is 4.79 Å². The average Bonchev–Trinajstić information content (AvgIpc) is 2.36. The number of amidine groups is 1. The Morgan fingerprint density at radius 3 is 2.17 bits per heavy atom. The van der Waals surface area contributed by atoms with Crippen LogP contribution in [0.3, 0.4) is 0 Å². The summed E-state index contributed by atoms with van der Waals surface area (Å²) in [5.41, 5.74) is 6.67. The first-order valence-electron chi connectivity index (χ1n) is 5.80. The molecular weight excluding hydrogens is 226 g/mol. The molecule has 1 rings (SSSR count). The molecule has 0 aromatic heterocycles. The summed E-state index contributed by atoms with van der Waals surface area (Å²) in [4.78, 5) is 11.5. The van der Waals surface area contributed by atoms with E-state index in [1.54, 1.807) is 13.8 Å². The number of hydrogen-bond donors (Lipinski definition) is 1. The van der Waals surface area contributed by atoms with Crippen LogP contribution in [0.25, 0.3) is 0 Å². The monoisotopic (exact) mass is 245 g/mol. The molecule has 18 heavy (non-hydrogen) atoms. The Labute approximate surface area is 108 Å². The van der Waals surface area contributed by atoms with Gasteiger partial charge in [0.2, 0.25) is 0 Å². The predicted octanol–water partition coefficient (Wildman–Crippen LogP) is 2.38. The molecule has 0 spiro atoms. The average molecular weight is 245 g/mol. The van der Waals surface area contributed by atoms with E-state index >= 15 is 0 Å². The maximum absolute atomic E-state index is 11.5. The van der Waals surface area contributed by atoms with Crippen LogP contribution in [-0.2, 0) is 4.79 Å². The van der Waals surface area contributed by atoms with E-state index in [0.29, 0.717) is 11.5 Å². The van der Waals surface area contributed by atoms with Crippen molar-refractivity contribution in [2.45, 2.75) is 27.7 Å². The molecule has 1 aromatic carbocycles. The lowest BCUT2D eigenvalue weighted by atomic mass is 9.84. The molecule has 0 saturated carbocycles. The van der Waals surface area contributed by atoms with E-state index in [0.717, 1.165) is 5.56 Å². The van der Waals surface area contributed by atoms with Gasteiger partial charge in [0.1, 0.15) is 5.78 Å². The minimum absolute atomic E-state index is 0.0530. The van der Waals surface area contributed by atoms with Gasteiger partial charge < -0.3 is 5.73 Å². The quantitative estimate of drug-likeness (QED) is 0.502. The number of carbonyl (C=O) groups excluding carboxylic acids is 1. The molecule has 0 aliphatic heterocycles. The van der Waals surface area contributed by atoms with Gasteiger partial charge in [-0.2, -0.15) is 5.10 Å². The van der Waals surface area contributed by atoms with Crippen LogP contribution in [0, 0.1) is 5.41 Å². The highest BCUT2D eigenvalue weighted by Gasteiger charge is 2.27. The zero-order valence-corrected chi connectivity index (χ0v) is 11.3. The molecule has 1 aromatic rings. The first-order chi connectivity index (χ1) is 8.35. The van der Waals surface area contributed by atoms with Crippen LogP contribution in [0.4, 0.5) is 0 Å². The van der Waals surface area contributed by atoms with E-state index in [-0.39, 0.29) is 5.78 Å². The van der Waals surface area contributed by atoms with Crippen molar-refractivity contribution in [3.63, 3.8) is 0 Å². The highest BCUT2D eigenvalue weighted by atomic mass is 16.1. The standard InChI is InChI=1S/C14H19N3O/c1-10(14(3,4)11(2)18)16-17-13(15)12-8-6-5-7-9-12/h5-9H,1-4H3,(H2,15,17)/b16-10+. The third kappa shape index (κ3) is 3.26. The number of carbonyl (C=O) groups is 1. The van der Waals surface area contributed by atoms with E-state index in [1.165, 1.54) is 0 Å². The SMILES string of the molecule is CC(=O)C(C)(C)/C(C)=N/N=C(/N)c1ccccc1. The zero-order valence-electron chi connectivity index (χ0n) is 11.3. The van der Waals surface area contributed by atoms with Crippen molar-refractivity contribution in [3.8, 4) is 0 Å². The summed E-state index contributed by atoms with van der Waals surface area (Å²) in [6.45, 7) is 6.97. The van der Waals surface area contributed by atoms with Crippen molar-refractivity contribution in [1.82, 2.24) is 0 Å². The zero-order chi connectivity index (χ0) is 13.8. The summed E-state index contributed by atoms with van der Waals surface area (Å²) in [6, 6.07) is 9.39. The lowest BCUT2D eigenvalue weighted by Gasteiger charge is -2.19. The maximum Gasteiger partial charge on any atom is 0.153 e. The maximum atomic E-state index is 11.5. The second-order valence-electron chi connectivity index (χ2n) is 4.72. The Bertz CT molecular complexity index is 487. The summed E-state index contributed by atoms with van der Waals surface area (Å²) < 4.78 is 0. The predicted molar refractivity (Wildman–Crippen MR) is 74.7 cm³/mol. The molecule has 0 heterocycles. The smallest absolute Gasteiger partial charge is 0.153 e. The van der Waals surface area contributed by atoms with Crippen LogP contribution in [0.5, 0.6) is 0 Å². The van der Waals surface area contributed by atoms with Gasteiger partial charge in [-0.15, -0.1) is 5.10 Å². The van der Waals surface area contributed by atoms with Crippen LogP contribution < -0.4 is 5.73 Å². The lowest BCUT2D eigenvalue weighted by molar-refractivity contribution is -0.121. The van der Waals surface area contributed by atoms with Gasteiger partial charge in [-0.05, 0) is 27.7 Å². The van der Waals surface area contributed by atoms with Crippen LogP contribution in [0.1, 0.15) is 33.3 Å². The Morgan fingerprint density at radius 1 is 1.11 bits per heavy atom. The molecule has 0 radical (unpaired) electrons. The van der Waals surface area contributed by atoms with Crippen molar-refractivity contribution in [2.24, 2.45) is 21.4 Å². The fraction of sp³-hybridized carbons (Fsp3) is 0.357. The molecule has 0 saturated heterocycles. The van der Waals surface area contributed by atoms with Crippen molar-refractivity contribution >= 4 is 17.3 Å². The van der Waals surface area contributed by atoms with Gasteiger partial charge in [0.15, 0.2) is 5.84 Å². The lowest BCUT2D eigenvalue weighted by Crippen LogP contribution is -2.29. The summed E-state index contributed by atoms with van der Waals surface area (Å²) in [5, 5.41) is 8.03. The van der Waals surface area contributed by atoms with Crippen LogP contribution in [0.2, 0.25) is 0 Å². The van der Waals surface area contributed by atoms with Gasteiger partial charge in [-0.3, -0.25) is 4.79 Å². The summed E-state index contributed by atoms with van der Waals surface area (Å²) in [7, 11) is 0. The normalized spacial score (nSPS) is 13.6.